The van der Waals surface area contributed by atoms with Crippen LogP contribution in [0.25, 0.3) is 0 Å². The molecular weight excluding hydrogens is 246 g/mol. The third-order valence-electron chi connectivity index (χ3n) is 3.70. The molecule has 0 aliphatic carbocycles. The van der Waals surface area contributed by atoms with Crippen molar-refractivity contribution >= 4 is 0 Å². The van der Waals surface area contributed by atoms with Gasteiger partial charge in [-0.2, -0.15) is 0 Å². The van der Waals surface area contributed by atoms with Crippen molar-refractivity contribution < 1.29 is 4.74 Å². The van der Waals surface area contributed by atoms with Crippen molar-refractivity contribution in [2.75, 3.05) is 26.2 Å². The molecule has 0 spiro atoms. The first kappa shape index (κ1) is 13.2. The van der Waals surface area contributed by atoms with Gasteiger partial charge in [-0.25, -0.2) is 0 Å². The second kappa shape index (κ2) is 6.58. The van der Waals surface area contributed by atoms with Gasteiger partial charge in [0.25, 0.3) is 0 Å². The summed E-state index contributed by atoms with van der Waals surface area (Å²) in [5, 5.41) is 0. The molecule has 0 saturated carbocycles. The van der Waals surface area contributed by atoms with E-state index in [1.807, 2.05) is 0 Å². The lowest BCUT2D eigenvalue weighted by atomic mass is 10.0. The highest BCUT2D eigenvalue weighted by atomic mass is 16.5. The molecule has 0 unspecified atom stereocenters. The van der Waals surface area contributed by atoms with Crippen LogP contribution in [0, 0.1) is 0 Å². The zero-order valence-electron chi connectivity index (χ0n) is 11.8. The summed E-state index contributed by atoms with van der Waals surface area (Å²) in [6.45, 7) is 4.31. The van der Waals surface area contributed by atoms with Gasteiger partial charge in [-0.1, -0.05) is 48.5 Å². The molecule has 1 aliphatic rings. The van der Waals surface area contributed by atoms with Gasteiger partial charge in [0.05, 0.1) is 0 Å². The van der Waals surface area contributed by atoms with Gasteiger partial charge in [-0.3, -0.25) is 4.90 Å². The average molecular weight is 267 g/mol. The largest absolute Gasteiger partial charge is 0.492 e. The van der Waals surface area contributed by atoms with Gasteiger partial charge in [0.1, 0.15) is 12.4 Å². The van der Waals surface area contributed by atoms with Crippen molar-refractivity contribution in [3.63, 3.8) is 0 Å². The molecule has 0 bridgehead atoms. The fraction of sp³-hybridized carbons (Fsp3) is 0.333. The Kier molecular flexibility index (Phi) is 4.34. The molecule has 0 aromatic heterocycles. The highest BCUT2D eigenvalue weighted by Crippen LogP contribution is 2.20. The number of hydrogen-bond acceptors (Lipinski definition) is 2. The molecule has 2 nitrogen and oxygen atoms in total. The summed E-state index contributed by atoms with van der Waals surface area (Å²) in [7, 11) is 0. The van der Waals surface area contributed by atoms with E-state index in [1.54, 1.807) is 0 Å². The van der Waals surface area contributed by atoms with Gasteiger partial charge >= 0.3 is 0 Å². The standard InChI is InChI=1S/C18H21NO/c1-2-6-16(7-3-1)10-11-17-8-4-5-9-18(17)20-15-14-19-12-13-19/h1-9H,10-15H2. The molecule has 2 aromatic carbocycles. The molecule has 104 valence electrons. The van der Waals surface area contributed by atoms with Crippen molar-refractivity contribution in [1.29, 1.82) is 0 Å². The molecule has 2 aromatic rings. The maximum atomic E-state index is 5.93. The lowest BCUT2D eigenvalue weighted by molar-refractivity contribution is 0.289. The summed E-state index contributed by atoms with van der Waals surface area (Å²) >= 11 is 0. The highest BCUT2D eigenvalue weighted by Gasteiger charge is 2.16. The van der Waals surface area contributed by atoms with Crippen molar-refractivity contribution in [1.82, 2.24) is 4.90 Å². The monoisotopic (exact) mass is 267 g/mol. The number of rotatable bonds is 7. The van der Waals surface area contributed by atoms with E-state index in [4.69, 9.17) is 4.74 Å². The third-order valence-corrected chi connectivity index (χ3v) is 3.70. The van der Waals surface area contributed by atoms with Crippen molar-refractivity contribution in [3.8, 4) is 5.75 Å². The van der Waals surface area contributed by atoms with Crippen LogP contribution >= 0.6 is 0 Å². The Morgan fingerprint density at radius 2 is 1.60 bits per heavy atom. The fourth-order valence-electron chi connectivity index (χ4n) is 2.35. The molecule has 1 saturated heterocycles. The fourth-order valence-corrected chi connectivity index (χ4v) is 2.35. The van der Waals surface area contributed by atoms with Crippen molar-refractivity contribution in [2.24, 2.45) is 0 Å². The summed E-state index contributed by atoms with van der Waals surface area (Å²) < 4.78 is 5.93. The van der Waals surface area contributed by atoms with Crippen LogP contribution in [0.1, 0.15) is 11.1 Å². The zero-order valence-corrected chi connectivity index (χ0v) is 11.8. The third kappa shape index (κ3) is 3.84. The Balaban J connectivity index is 1.57. The summed E-state index contributed by atoms with van der Waals surface area (Å²) in [4.78, 5) is 2.38. The van der Waals surface area contributed by atoms with Gasteiger partial charge in [0.2, 0.25) is 0 Å². The maximum absolute atomic E-state index is 5.93. The van der Waals surface area contributed by atoms with Crippen LogP contribution in [-0.4, -0.2) is 31.1 Å². The van der Waals surface area contributed by atoms with Crippen LogP contribution in [0.2, 0.25) is 0 Å². The molecule has 1 fully saturated rings. The van der Waals surface area contributed by atoms with E-state index < -0.39 is 0 Å². The van der Waals surface area contributed by atoms with E-state index in [2.05, 4.69) is 59.5 Å². The van der Waals surface area contributed by atoms with Crippen LogP contribution in [0.3, 0.4) is 0 Å². The smallest absolute Gasteiger partial charge is 0.122 e. The first-order valence-electron chi connectivity index (χ1n) is 7.39. The first-order chi connectivity index (χ1) is 9.92. The number of nitrogens with zero attached hydrogens (tertiary/aromatic N) is 1. The number of para-hydroxylation sites is 1. The van der Waals surface area contributed by atoms with E-state index >= 15 is 0 Å². The van der Waals surface area contributed by atoms with Crippen LogP contribution in [0.4, 0.5) is 0 Å². The Bertz CT molecular complexity index is 534. The molecule has 0 N–H and O–H groups in total. The molecule has 0 atom stereocenters. The Hall–Kier alpha value is -1.80. The van der Waals surface area contributed by atoms with Gasteiger partial charge in [-0.05, 0) is 30.0 Å². The first-order valence-corrected chi connectivity index (χ1v) is 7.39. The molecule has 1 heterocycles. The van der Waals surface area contributed by atoms with Gasteiger partial charge in [-0.15, -0.1) is 0 Å². The van der Waals surface area contributed by atoms with Gasteiger partial charge < -0.3 is 4.74 Å². The number of aryl methyl sites for hydroxylation is 2. The molecular formula is C18H21NO. The molecule has 1 aliphatic heterocycles. The normalized spacial score (nSPS) is 14.2. The van der Waals surface area contributed by atoms with Crippen molar-refractivity contribution in [2.45, 2.75) is 12.8 Å². The van der Waals surface area contributed by atoms with E-state index in [1.165, 1.54) is 24.2 Å². The maximum Gasteiger partial charge on any atom is 0.122 e. The van der Waals surface area contributed by atoms with Gasteiger partial charge in [0, 0.05) is 19.6 Å². The van der Waals surface area contributed by atoms with Crippen molar-refractivity contribution in [3.05, 3.63) is 65.7 Å². The quantitative estimate of drug-likeness (QED) is 0.714. The summed E-state index contributed by atoms with van der Waals surface area (Å²) in [5.41, 5.74) is 2.69. The molecule has 0 amide bonds. The summed E-state index contributed by atoms with van der Waals surface area (Å²) in [6, 6.07) is 19.0. The second-order valence-electron chi connectivity index (χ2n) is 5.28. The predicted octanol–water partition coefficient (Wildman–Crippen LogP) is 3.17. The number of benzene rings is 2. The van der Waals surface area contributed by atoms with Gasteiger partial charge in [0.15, 0.2) is 0 Å². The second-order valence-corrected chi connectivity index (χ2v) is 5.28. The molecule has 2 heteroatoms. The SMILES string of the molecule is c1ccc(CCc2ccccc2OCCN2CC2)cc1. The van der Waals surface area contributed by atoms with E-state index in [-0.39, 0.29) is 0 Å². The molecule has 20 heavy (non-hydrogen) atoms. The Morgan fingerprint density at radius 1 is 0.850 bits per heavy atom. The minimum absolute atomic E-state index is 0.794. The van der Waals surface area contributed by atoms with Crippen LogP contribution in [0.15, 0.2) is 54.6 Å². The van der Waals surface area contributed by atoms with Crippen LogP contribution in [0.5, 0.6) is 5.75 Å². The lowest BCUT2D eigenvalue weighted by Crippen LogP contribution is -2.11. The topological polar surface area (TPSA) is 12.2 Å². The average Bonchev–Trinajstić information content (AvgIpc) is 3.32. The van der Waals surface area contributed by atoms with Crippen LogP contribution in [-0.2, 0) is 12.8 Å². The Morgan fingerprint density at radius 3 is 2.40 bits per heavy atom. The summed E-state index contributed by atoms with van der Waals surface area (Å²) in [5.74, 6) is 1.05. The molecule has 0 radical (unpaired) electrons. The van der Waals surface area contributed by atoms with E-state index in [0.29, 0.717) is 0 Å². The number of hydrogen-bond donors (Lipinski definition) is 0. The van der Waals surface area contributed by atoms with Crippen LogP contribution < -0.4 is 4.74 Å². The minimum atomic E-state index is 0.794. The predicted molar refractivity (Wildman–Crippen MR) is 82.2 cm³/mol. The van der Waals surface area contributed by atoms with E-state index in [9.17, 15) is 0 Å². The zero-order chi connectivity index (χ0) is 13.6. The molecule has 3 rings (SSSR count). The Labute approximate surface area is 121 Å². The minimum Gasteiger partial charge on any atom is -0.492 e. The summed E-state index contributed by atoms with van der Waals surface area (Å²) in [6.07, 6.45) is 2.09. The number of ether oxygens (including phenoxy) is 1. The van der Waals surface area contributed by atoms with E-state index in [0.717, 1.165) is 31.7 Å². The highest BCUT2D eigenvalue weighted by molar-refractivity contribution is 5.34. The lowest BCUT2D eigenvalue weighted by Gasteiger charge is -2.11.